The quantitative estimate of drug-likeness (QED) is 0.384. The minimum Gasteiger partial charge on any atom is -0.481 e. The van der Waals surface area contributed by atoms with Gasteiger partial charge in [0.1, 0.15) is 0 Å². The Morgan fingerprint density at radius 3 is 2.10 bits per heavy atom. The molecule has 0 saturated heterocycles. The highest BCUT2D eigenvalue weighted by Gasteiger charge is 2.01. The first-order chi connectivity index (χ1) is 14.0. The number of benzene rings is 3. The Morgan fingerprint density at radius 1 is 0.828 bits per heavy atom. The van der Waals surface area contributed by atoms with Gasteiger partial charge in [-0.05, 0) is 53.4 Å². The molecule has 0 bridgehead atoms. The van der Waals surface area contributed by atoms with Crippen molar-refractivity contribution in [3.05, 3.63) is 76.8 Å². The lowest BCUT2D eigenvalue weighted by Gasteiger charge is -2.08. The van der Waals surface area contributed by atoms with Crippen molar-refractivity contribution in [1.82, 2.24) is 0 Å². The first-order valence-electron chi connectivity index (χ1n) is 9.35. The van der Waals surface area contributed by atoms with Crippen molar-refractivity contribution in [3.63, 3.8) is 0 Å². The maximum Gasteiger partial charge on any atom is 0.303 e. The molecule has 0 saturated carbocycles. The third-order valence-corrected chi connectivity index (χ3v) is 4.76. The highest BCUT2D eigenvalue weighted by Crippen LogP contribution is 2.20. The van der Waals surface area contributed by atoms with E-state index in [1.165, 1.54) is 22.0 Å². The summed E-state index contributed by atoms with van der Waals surface area (Å²) in [6.07, 6.45) is 1.64. The Bertz CT molecular complexity index is 922. The molecular formula is C23H24BrNO4. The molecule has 6 heteroatoms. The predicted octanol–water partition coefficient (Wildman–Crippen LogP) is 5.58. The number of anilines is 1. The summed E-state index contributed by atoms with van der Waals surface area (Å²) >= 11 is 3.45. The standard InChI is InChI=1S/C19H18BrN.C4H6O4/c20-17-10-12-18(13-11-17)21-14-4-8-16-7-3-6-15-5-1-2-9-19(15)16;5-3(6)1-2-4(7)8/h1-3,5-7,9-13,21H,4,8,14H2;1-2H2,(H,5,6)(H,7,8). The SMILES string of the molecule is Brc1ccc(NCCCc2cccc3ccccc23)cc1.O=C(O)CCC(=O)O. The van der Waals surface area contributed by atoms with Crippen molar-refractivity contribution < 1.29 is 19.8 Å². The second kappa shape index (κ2) is 11.9. The van der Waals surface area contributed by atoms with Gasteiger partial charge in [-0.2, -0.15) is 0 Å². The lowest BCUT2D eigenvalue weighted by Crippen LogP contribution is -2.03. The van der Waals surface area contributed by atoms with Gasteiger partial charge in [0.05, 0.1) is 12.8 Å². The van der Waals surface area contributed by atoms with Gasteiger partial charge in [0.2, 0.25) is 0 Å². The zero-order chi connectivity index (χ0) is 21.1. The van der Waals surface area contributed by atoms with E-state index in [-0.39, 0.29) is 12.8 Å². The molecule has 0 aliphatic carbocycles. The molecule has 152 valence electrons. The van der Waals surface area contributed by atoms with Gasteiger partial charge in [0.15, 0.2) is 0 Å². The van der Waals surface area contributed by atoms with Gasteiger partial charge >= 0.3 is 11.9 Å². The van der Waals surface area contributed by atoms with E-state index < -0.39 is 11.9 Å². The van der Waals surface area contributed by atoms with Gasteiger partial charge in [-0.1, -0.05) is 58.4 Å². The molecule has 0 aliphatic heterocycles. The molecule has 0 heterocycles. The van der Waals surface area contributed by atoms with Gasteiger partial charge in [-0.15, -0.1) is 0 Å². The van der Waals surface area contributed by atoms with Crippen LogP contribution in [0.1, 0.15) is 24.8 Å². The Kier molecular flexibility index (Phi) is 9.18. The van der Waals surface area contributed by atoms with Crippen LogP contribution in [-0.2, 0) is 16.0 Å². The molecule has 29 heavy (non-hydrogen) atoms. The van der Waals surface area contributed by atoms with Crippen LogP contribution in [0.3, 0.4) is 0 Å². The van der Waals surface area contributed by atoms with E-state index in [1.54, 1.807) is 0 Å². The fourth-order valence-electron chi connectivity index (χ4n) is 2.80. The zero-order valence-corrected chi connectivity index (χ0v) is 17.6. The molecule has 3 N–H and O–H groups in total. The second-order valence-corrected chi connectivity index (χ2v) is 7.38. The molecule has 0 radical (unpaired) electrons. The van der Waals surface area contributed by atoms with E-state index >= 15 is 0 Å². The van der Waals surface area contributed by atoms with Gasteiger partial charge in [-0.3, -0.25) is 9.59 Å². The largest absolute Gasteiger partial charge is 0.481 e. The van der Waals surface area contributed by atoms with Gasteiger partial charge in [-0.25, -0.2) is 0 Å². The number of hydrogen-bond acceptors (Lipinski definition) is 3. The third kappa shape index (κ3) is 8.35. The number of carboxylic acid groups (broad SMARTS) is 2. The topological polar surface area (TPSA) is 86.6 Å². The van der Waals surface area contributed by atoms with Gasteiger partial charge in [0, 0.05) is 16.7 Å². The van der Waals surface area contributed by atoms with Crippen LogP contribution >= 0.6 is 15.9 Å². The molecule has 3 aromatic carbocycles. The Balaban J connectivity index is 0.000000321. The predicted molar refractivity (Wildman–Crippen MR) is 119 cm³/mol. The molecule has 3 aromatic rings. The minimum absolute atomic E-state index is 0.296. The van der Waals surface area contributed by atoms with Crippen molar-refractivity contribution in [2.45, 2.75) is 25.7 Å². The van der Waals surface area contributed by atoms with Crippen molar-refractivity contribution in [1.29, 1.82) is 0 Å². The average Bonchev–Trinajstić information content (AvgIpc) is 2.71. The van der Waals surface area contributed by atoms with E-state index in [0.717, 1.165) is 23.9 Å². The van der Waals surface area contributed by atoms with E-state index in [2.05, 4.69) is 88.0 Å². The zero-order valence-electron chi connectivity index (χ0n) is 16.0. The van der Waals surface area contributed by atoms with Crippen LogP contribution in [0.25, 0.3) is 10.8 Å². The first kappa shape index (κ1) is 22.4. The Labute approximate surface area is 178 Å². The summed E-state index contributed by atoms with van der Waals surface area (Å²) in [4.78, 5) is 19.3. The fourth-order valence-corrected chi connectivity index (χ4v) is 3.07. The van der Waals surface area contributed by atoms with Crippen LogP contribution in [0.4, 0.5) is 5.69 Å². The van der Waals surface area contributed by atoms with Crippen LogP contribution in [0, 0.1) is 0 Å². The van der Waals surface area contributed by atoms with Crippen molar-refractivity contribution in [2.24, 2.45) is 0 Å². The van der Waals surface area contributed by atoms with Crippen molar-refractivity contribution in [2.75, 3.05) is 11.9 Å². The normalized spacial score (nSPS) is 10.1. The molecule has 0 unspecified atom stereocenters. The molecule has 0 aliphatic rings. The number of halogens is 1. The number of aryl methyl sites for hydroxylation is 1. The molecule has 0 aromatic heterocycles. The van der Waals surface area contributed by atoms with Gasteiger partial charge in [0.25, 0.3) is 0 Å². The highest BCUT2D eigenvalue weighted by atomic mass is 79.9. The number of hydrogen-bond donors (Lipinski definition) is 3. The molecular weight excluding hydrogens is 434 g/mol. The lowest BCUT2D eigenvalue weighted by atomic mass is 10.0. The fraction of sp³-hybridized carbons (Fsp3) is 0.217. The summed E-state index contributed by atoms with van der Waals surface area (Å²) in [5, 5.41) is 22.0. The van der Waals surface area contributed by atoms with E-state index in [4.69, 9.17) is 10.2 Å². The Morgan fingerprint density at radius 2 is 1.45 bits per heavy atom. The lowest BCUT2D eigenvalue weighted by molar-refractivity contribution is -0.143. The number of nitrogens with one attached hydrogen (secondary N) is 1. The van der Waals surface area contributed by atoms with Gasteiger partial charge < -0.3 is 15.5 Å². The van der Waals surface area contributed by atoms with Crippen LogP contribution in [0.15, 0.2) is 71.2 Å². The molecule has 0 spiro atoms. The molecule has 0 fully saturated rings. The number of carbonyl (C=O) groups is 2. The van der Waals surface area contributed by atoms with Crippen LogP contribution in [-0.4, -0.2) is 28.7 Å². The molecule has 5 nitrogen and oxygen atoms in total. The summed E-state index contributed by atoms with van der Waals surface area (Å²) in [5.41, 5.74) is 2.61. The molecule has 0 amide bonds. The average molecular weight is 458 g/mol. The number of aliphatic carboxylic acids is 2. The Hall–Kier alpha value is -2.86. The maximum atomic E-state index is 9.64. The summed E-state index contributed by atoms with van der Waals surface area (Å²) in [6, 6.07) is 23.5. The van der Waals surface area contributed by atoms with E-state index in [0.29, 0.717) is 0 Å². The number of fused-ring (bicyclic) bond motifs is 1. The van der Waals surface area contributed by atoms with E-state index in [1.807, 2.05) is 0 Å². The summed E-state index contributed by atoms with van der Waals surface area (Å²) in [6.45, 7) is 0.991. The number of rotatable bonds is 8. The number of carboxylic acids is 2. The van der Waals surface area contributed by atoms with Crippen LogP contribution in [0.2, 0.25) is 0 Å². The van der Waals surface area contributed by atoms with Crippen molar-refractivity contribution in [3.8, 4) is 0 Å². The smallest absolute Gasteiger partial charge is 0.303 e. The first-order valence-corrected chi connectivity index (χ1v) is 10.1. The van der Waals surface area contributed by atoms with Crippen molar-refractivity contribution >= 4 is 44.3 Å². The molecule has 3 rings (SSSR count). The van der Waals surface area contributed by atoms with E-state index in [9.17, 15) is 9.59 Å². The third-order valence-electron chi connectivity index (χ3n) is 4.23. The van der Waals surface area contributed by atoms with Crippen LogP contribution < -0.4 is 5.32 Å². The minimum atomic E-state index is -1.08. The monoisotopic (exact) mass is 457 g/mol. The summed E-state index contributed by atoms with van der Waals surface area (Å²) in [7, 11) is 0. The molecule has 0 atom stereocenters. The van der Waals surface area contributed by atoms with Crippen LogP contribution in [0.5, 0.6) is 0 Å². The second-order valence-electron chi connectivity index (χ2n) is 6.46. The highest BCUT2D eigenvalue weighted by molar-refractivity contribution is 9.10. The summed E-state index contributed by atoms with van der Waals surface area (Å²) in [5.74, 6) is -2.15. The maximum absolute atomic E-state index is 9.64. The summed E-state index contributed by atoms with van der Waals surface area (Å²) < 4.78 is 1.11.